The Labute approximate surface area is 226 Å². The number of amides is 1. The molecule has 5 rings (SSSR count). The van der Waals surface area contributed by atoms with Gasteiger partial charge in [-0.2, -0.15) is 5.10 Å². The van der Waals surface area contributed by atoms with Crippen LogP contribution in [0.15, 0.2) is 119 Å². The predicted octanol–water partition coefficient (Wildman–Crippen LogP) is 6.21. The van der Waals surface area contributed by atoms with E-state index in [1.54, 1.807) is 0 Å². The number of nitrogens with one attached hydrogen (secondary N) is 1. The summed E-state index contributed by atoms with van der Waals surface area (Å²) in [7, 11) is 0. The summed E-state index contributed by atoms with van der Waals surface area (Å²) in [4.78, 5) is 12.9. The number of carbonyl (C=O) groups is 1. The molecule has 5 aromatic rings. The SMILES string of the molecule is Cc1ccc(-n2c(SCC(=O)NN=C(c3ccccc3)c3ccccc3)nnc2-c2ccccc2)cc1C. The molecule has 0 atom stereocenters. The first-order valence-corrected chi connectivity index (χ1v) is 13.3. The molecule has 0 spiro atoms. The number of benzene rings is 4. The molecular formula is C31H27N5OS. The zero-order valence-electron chi connectivity index (χ0n) is 21.2. The zero-order chi connectivity index (χ0) is 26.3. The van der Waals surface area contributed by atoms with Crippen molar-refractivity contribution in [2.75, 3.05) is 5.75 Å². The summed E-state index contributed by atoms with van der Waals surface area (Å²) in [5, 5.41) is 14.1. The normalized spacial score (nSPS) is 10.7. The Hall–Kier alpha value is -4.49. The molecule has 0 aliphatic heterocycles. The third-order valence-corrected chi connectivity index (χ3v) is 7.06. The summed E-state index contributed by atoms with van der Waals surface area (Å²) in [6.45, 7) is 4.17. The molecule has 0 saturated carbocycles. The molecule has 0 aliphatic carbocycles. The summed E-state index contributed by atoms with van der Waals surface area (Å²) in [5.41, 5.74) is 9.58. The highest BCUT2D eigenvalue weighted by atomic mass is 32.2. The maximum Gasteiger partial charge on any atom is 0.250 e. The molecule has 0 radical (unpaired) electrons. The molecule has 1 amide bonds. The summed E-state index contributed by atoms with van der Waals surface area (Å²) in [5.74, 6) is 0.637. The van der Waals surface area contributed by atoms with Gasteiger partial charge in [0.2, 0.25) is 0 Å². The third kappa shape index (κ3) is 5.74. The van der Waals surface area contributed by atoms with E-state index < -0.39 is 0 Å². The van der Waals surface area contributed by atoms with Gasteiger partial charge in [0.25, 0.3) is 5.91 Å². The van der Waals surface area contributed by atoms with Gasteiger partial charge in [0.1, 0.15) is 0 Å². The zero-order valence-corrected chi connectivity index (χ0v) is 22.0. The lowest BCUT2D eigenvalue weighted by molar-refractivity contribution is -0.118. The van der Waals surface area contributed by atoms with Crippen molar-refractivity contribution in [3.63, 3.8) is 0 Å². The van der Waals surface area contributed by atoms with Gasteiger partial charge in [-0.05, 0) is 37.1 Å². The minimum Gasteiger partial charge on any atom is -0.272 e. The minimum absolute atomic E-state index is 0.137. The van der Waals surface area contributed by atoms with E-state index in [2.05, 4.69) is 52.8 Å². The quantitative estimate of drug-likeness (QED) is 0.151. The van der Waals surface area contributed by atoms with Gasteiger partial charge in [-0.15, -0.1) is 10.2 Å². The molecule has 0 unspecified atom stereocenters. The fourth-order valence-corrected chi connectivity index (χ4v) is 4.75. The summed E-state index contributed by atoms with van der Waals surface area (Å²) >= 11 is 1.33. The monoisotopic (exact) mass is 517 g/mol. The standard InChI is InChI=1S/C31H27N5OS/c1-22-18-19-27(20-23(22)2)36-30(26-16-10-5-11-17-26)34-35-31(36)38-21-28(37)32-33-29(24-12-6-3-7-13-24)25-14-8-4-9-15-25/h3-20H,21H2,1-2H3,(H,32,37). The highest BCUT2D eigenvalue weighted by Gasteiger charge is 2.18. The van der Waals surface area contributed by atoms with Gasteiger partial charge in [-0.1, -0.05) is 109 Å². The van der Waals surface area contributed by atoms with E-state index in [4.69, 9.17) is 0 Å². The number of hydrogen-bond donors (Lipinski definition) is 1. The molecule has 1 N–H and O–H groups in total. The van der Waals surface area contributed by atoms with E-state index >= 15 is 0 Å². The molecule has 1 aromatic heterocycles. The molecule has 7 heteroatoms. The van der Waals surface area contributed by atoms with Crippen LogP contribution in [0.2, 0.25) is 0 Å². The van der Waals surface area contributed by atoms with Crippen molar-refractivity contribution in [3.8, 4) is 17.1 Å². The van der Waals surface area contributed by atoms with Gasteiger partial charge in [0, 0.05) is 16.7 Å². The van der Waals surface area contributed by atoms with Crippen LogP contribution in [-0.2, 0) is 4.79 Å². The Morgan fingerprint density at radius 2 is 1.39 bits per heavy atom. The third-order valence-electron chi connectivity index (χ3n) is 6.13. The van der Waals surface area contributed by atoms with Crippen molar-refractivity contribution in [3.05, 3.63) is 131 Å². The Kier molecular flexibility index (Phi) is 7.75. The molecular weight excluding hydrogens is 490 g/mol. The average molecular weight is 518 g/mol. The van der Waals surface area contributed by atoms with Crippen LogP contribution in [0.25, 0.3) is 17.1 Å². The summed E-state index contributed by atoms with van der Waals surface area (Å²) in [6, 6.07) is 35.8. The average Bonchev–Trinajstić information content (AvgIpc) is 3.39. The van der Waals surface area contributed by atoms with E-state index in [0.717, 1.165) is 28.2 Å². The Bertz CT molecular complexity index is 1520. The Balaban J connectivity index is 1.39. The first kappa shape index (κ1) is 25.2. The molecule has 1 heterocycles. The Morgan fingerprint density at radius 1 is 0.789 bits per heavy atom. The first-order chi connectivity index (χ1) is 18.6. The lowest BCUT2D eigenvalue weighted by Crippen LogP contribution is -2.22. The fourth-order valence-electron chi connectivity index (χ4n) is 4.00. The van der Waals surface area contributed by atoms with Crippen LogP contribution >= 0.6 is 11.8 Å². The summed E-state index contributed by atoms with van der Waals surface area (Å²) < 4.78 is 2.00. The molecule has 6 nitrogen and oxygen atoms in total. The number of hydrogen-bond acceptors (Lipinski definition) is 5. The van der Waals surface area contributed by atoms with Crippen molar-refractivity contribution >= 4 is 23.4 Å². The Morgan fingerprint density at radius 3 is 2.00 bits per heavy atom. The van der Waals surface area contributed by atoms with Crippen molar-refractivity contribution < 1.29 is 4.79 Å². The molecule has 188 valence electrons. The van der Waals surface area contributed by atoms with Crippen LogP contribution in [0.4, 0.5) is 0 Å². The second-order valence-electron chi connectivity index (χ2n) is 8.79. The smallest absolute Gasteiger partial charge is 0.250 e. The molecule has 4 aromatic carbocycles. The van der Waals surface area contributed by atoms with Crippen molar-refractivity contribution in [2.24, 2.45) is 5.10 Å². The molecule has 0 fully saturated rings. The highest BCUT2D eigenvalue weighted by molar-refractivity contribution is 7.99. The maximum atomic E-state index is 12.9. The van der Waals surface area contributed by atoms with Crippen LogP contribution in [0.5, 0.6) is 0 Å². The van der Waals surface area contributed by atoms with Gasteiger partial charge in [-0.3, -0.25) is 9.36 Å². The van der Waals surface area contributed by atoms with E-state index in [-0.39, 0.29) is 11.7 Å². The van der Waals surface area contributed by atoms with Crippen LogP contribution < -0.4 is 5.43 Å². The second-order valence-corrected chi connectivity index (χ2v) is 9.73. The van der Waals surface area contributed by atoms with Gasteiger partial charge < -0.3 is 0 Å². The number of rotatable bonds is 8. The topological polar surface area (TPSA) is 72.2 Å². The van der Waals surface area contributed by atoms with Gasteiger partial charge in [0.15, 0.2) is 11.0 Å². The number of nitrogens with zero attached hydrogens (tertiary/aromatic N) is 4. The van der Waals surface area contributed by atoms with E-state index in [1.807, 2.05) is 95.6 Å². The molecule has 0 bridgehead atoms. The van der Waals surface area contributed by atoms with Crippen LogP contribution in [0, 0.1) is 13.8 Å². The van der Waals surface area contributed by atoms with Crippen molar-refractivity contribution in [2.45, 2.75) is 19.0 Å². The first-order valence-electron chi connectivity index (χ1n) is 12.3. The number of aryl methyl sites for hydroxylation is 2. The van der Waals surface area contributed by atoms with Crippen molar-refractivity contribution in [1.29, 1.82) is 0 Å². The predicted molar refractivity (Wildman–Crippen MR) is 154 cm³/mol. The van der Waals surface area contributed by atoms with Gasteiger partial charge in [-0.25, -0.2) is 5.43 Å². The van der Waals surface area contributed by atoms with Gasteiger partial charge in [0.05, 0.1) is 17.2 Å². The maximum absolute atomic E-state index is 12.9. The lowest BCUT2D eigenvalue weighted by Gasteiger charge is -2.12. The minimum atomic E-state index is -0.227. The second kappa shape index (κ2) is 11.7. The van der Waals surface area contributed by atoms with Gasteiger partial charge >= 0.3 is 0 Å². The number of carbonyl (C=O) groups excluding carboxylic acids is 1. The lowest BCUT2D eigenvalue weighted by atomic mass is 10.0. The largest absolute Gasteiger partial charge is 0.272 e. The fraction of sp³-hybridized carbons (Fsp3) is 0.0968. The van der Waals surface area contributed by atoms with E-state index in [1.165, 1.54) is 22.9 Å². The molecule has 38 heavy (non-hydrogen) atoms. The van der Waals surface area contributed by atoms with E-state index in [9.17, 15) is 4.79 Å². The summed E-state index contributed by atoms with van der Waals surface area (Å²) in [6.07, 6.45) is 0. The molecule has 0 aliphatic rings. The van der Waals surface area contributed by atoms with Crippen LogP contribution in [0.3, 0.4) is 0 Å². The highest BCUT2D eigenvalue weighted by Crippen LogP contribution is 2.28. The van der Waals surface area contributed by atoms with Crippen molar-refractivity contribution in [1.82, 2.24) is 20.2 Å². The molecule has 0 saturated heterocycles. The van der Waals surface area contributed by atoms with E-state index in [0.29, 0.717) is 10.9 Å². The number of hydrazone groups is 1. The number of aromatic nitrogens is 3. The van der Waals surface area contributed by atoms with Crippen LogP contribution in [-0.4, -0.2) is 32.1 Å². The number of thioether (sulfide) groups is 1. The van der Waals surface area contributed by atoms with Crippen LogP contribution in [0.1, 0.15) is 22.3 Å².